The molecule has 6 heteroatoms. The van der Waals surface area contributed by atoms with Crippen LogP contribution < -0.4 is 9.47 Å². The van der Waals surface area contributed by atoms with Crippen molar-refractivity contribution in [2.75, 3.05) is 33.5 Å². The topological polar surface area (TPSA) is 49.3 Å². The Bertz CT molecular complexity index is 855. The summed E-state index contributed by atoms with van der Waals surface area (Å²) in [5.74, 6) is 1.82. The lowest BCUT2D eigenvalue weighted by Crippen LogP contribution is -2.12. The number of hydrogen-bond acceptors (Lipinski definition) is 5. The fraction of sp³-hybridized carbons (Fsp3) is 0.423. The summed E-state index contributed by atoms with van der Waals surface area (Å²) >= 11 is 5.95. The van der Waals surface area contributed by atoms with Gasteiger partial charge in [-0.3, -0.25) is 0 Å². The van der Waals surface area contributed by atoms with Crippen molar-refractivity contribution < 1.29 is 19.0 Å². The van der Waals surface area contributed by atoms with Crippen LogP contribution >= 0.6 is 11.6 Å². The molecule has 0 N–H and O–H groups in total. The average molecular weight is 460 g/mol. The number of oxime groups is 1. The minimum absolute atomic E-state index is 0.396. The number of hydrogen-bond donors (Lipinski definition) is 0. The van der Waals surface area contributed by atoms with Crippen LogP contribution in [0.2, 0.25) is 5.02 Å². The Morgan fingerprint density at radius 2 is 1.66 bits per heavy atom. The summed E-state index contributed by atoms with van der Waals surface area (Å²) in [5.41, 5.74) is 3.87. The monoisotopic (exact) mass is 459 g/mol. The lowest BCUT2D eigenvalue weighted by Gasteiger charge is -2.14. The van der Waals surface area contributed by atoms with Crippen LogP contribution in [0, 0.1) is 13.8 Å². The molecular weight excluding hydrogens is 426 g/mol. The van der Waals surface area contributed by atoms with Crippen molar-refractivity contribution in [3.05, 3.63) is 70.3 Å². The van der Waals surface area contributed by atoms with Crippen LogP contribution in [0.25, 0.3) is 0 Å². The first-order valence-corrected chi connectivity index (χ1v) is 11.3. The van der Waals surface area contributed by atoms with Gasteiger partial charge in [0.15, 0.2) is 0 Å². The number of benzene rings is 2. The lowest BCUT2D eigenvalue weighted by atomic mass is 10.1. The molecule has 0 saturated heterocycles. The third-order valence-electron chi connectivity index (χ3n) is 4.81. The van der Waals surface area contributed by atoms with Crippen molar-refractivity contribution in [2.24, 2.45) is 5.16 Å². The van der Waals surface area contributed by atoms with Crippen molar-refractivity contribution in [1.29, 1.82) is 0 Å². The van der Waals surface area contributed by atoms with E-state index in [9.17, 15) is 0 Å². The maximum atomic E-state index is 6.04. The first-order chi connectivity index (χ1) is 15.5. The van der Waals surface area contributed by atoms with E-state index in [0.29, 0.717) is 31.5 Å². The lowest BCUT2D eigenvalue weighted by molar-refractivity contribution is 0.157. The van der Waals surface area contributed by atoms with Crippen LogP contribution in [0.15, 0.2) is 53.7 Å². The van der Waals surface area contributed by atoms with Crippen molar-refractivity contribution in [3.8, 4) is 11.5 Å². The number of allylic oxidation sites excluding steroid dienone is 1. The molecule has 0 aliphatic rings. The number of aryl methyl sites for hydroxylation is 2. The van der Waals surface area contributed by atoms with Gasteiger partial charge in [-0.15, -0.1) is 0 Å². The Morgan fingerprint density at radius 3 is 2.31 bits per heavy atom. The highest BCUT2D eigenvalue weighted by molar-refractivity contribution is 6.30. The second kappa shape index (κ2) is 14.5. The van der Waals surface area contributed by atoms with E-state index in [1.165, 1.54) is 7.11 Å². The van der Waals surface area contributed by atoms with Gasteiger partial charge >= 0.3 is 0 Å². The minimum atomic E-state index is 0.396. The van der Waals surface area contributed by atoms with Crippen LogP contribution in [0.3, 0.4) is 0 Å². The quantitative estimate of drug-likeness (QED) is 0.139. The van der Waals surface area contributed by atoms with Gasteiger partial charge in [0, 0.05) is 17.2 Å². The number of ether oxygens (including phenoxy) is 3. The fourth-order valence-electron chi connectivity index (χ4n) is 3.20. The van der Waals surface area contributed by atoms with Gasteiger partial charge in [0.2, 0.25) is 0 Å². The normalized spacial score (nSPS) is 11.7. The molecule has 0 atom stereocenters. The van der Waals surface area contributed by atoms with Gasteiger partial charge in [0.1, 0.15) is 30.9 Å². The first-order valence-electron chi connectivity index (χ1n) is 11.0. The van der Waals surface area contributed by atoms with Crippen molar-refractivity contribution >= 4 is 17.3 Å². The smallest absolute Gasteiger partial charge is 0.125 e. The molecule has 0 aliphatic carbocycles. The van der Waals surface area contributed by atoms with E-state index < -0.39 is 0 Å². The molecule has 5 nitrogen and oxygen atoms in total. The van der Waals surface area contributed by atoms with Crippen LogP contribution in [-0.4, -0.2) is 39.2 Å². The second-order valence-electron chi connectivity index (χ2n) is 7.46. The zero-order valence-corrected chi connectivity index (χ0v) is 20.3. The van der Waals surface area contributed by atoms with E-state index in [2.05, 4.69) is 19.0 Å². The molecule has 174 valence electrons. The molecule has 0 unspecified atom stereocenters. The van der Waals surface area contributed by atoms with Crippen LogP contribution in [-0.2, 0) is 9.57 Å². The molecule has 2 aromatic rings. The predicted octanol–water partition coefficient (Wildman–Crippen LogP) is 6.53. The molecule has 0 spiro atoms. The summed E-state index contributed by atoms with van der Waals surface area (Å²) in [6.07, 6.45) is 6.92. The van der Waals surface area contributed by atoms with Crippen LogP contribution in [0.5, 0.6) is 11.5 Å². The van der Waals surface area contributed by atoms with E-state index in [0.717, 1.165) is 53.2 Å². The maximum Gasteiger partial charge on any atom is 0.125 e. The Kier molecular flexibility index (Phi) is 11.7. The number of halogens is 1. The van der Waals surface area contributed by atoms with Crippen LogP contribution in [0.4, 0.5) is 0 Å². The van der Waals surface area contributed by atoms with Gasteiger partial charge in [0.05, 0.1) is 13.2 Å². The van der Waals surface area contributed by atoms with Gasteiger partial charge < -0.3 is 19.0 Å². The Morgan fingerprint density at radius 1 is 0.969 bits per heavy atom. The molecule has 2 aromatic carbocycles. The molecule has 0 fully saturated rings. The molecule has 0 amide bonds. The highest BCUT2D eigenvalue weighted by atomic mass is 35.5. The van der Waals surface area contributed by atoms with Gasteiger partial charge in [-0.05, 0) is 75.4 Å². The maximum absolute atomic E-state index is 6.04. The van der Waals surface area contributed by atoms with E-state index in [1.807, 2.05) is 55.5 Å². The first kappa shape index (κ1) is 25.8. The molecule has 0 radical (unpaired) electrons. The summed E-state index contributed by atoms with van der Waals surface area (Å²) in [6, 6.07) is 11.5. The van der Waals surface area contributed by atoms with E-state index >= 15 is 0 Å². The summed E-state index contributed by atoms with van der Waals surface area (Å²) < 4.78 is 17.6. The summed E-state index contributed by atoms with van der Waals surface area (Å²) in [5, 5.41) is 4.75. The minimum Gasteiger partial charge on any atom is -0.493 e. The largest absolute Gasteiger partial charge is 0.493 e. The molecular formula is C26H34ClNO4. The Balaban J connectivity index is 1.66. The number of nitrogens with zero attached hydrogens (tertiary/aromatic N) is 1. The number of unbranched alkanes of at least 4 members (excludes halogenated alkanes) is 2. The molecule has 0 heterocycles. The molecule has 0 aromatic heterocycles. The van der Waals surface area contributed by atoms with E-state index in [-0.39, 0.29) is 0 Å². The summed E-state index contributed by atoms with van der Waals surface area (Å²) in [6.45, 7) is 8.41. The van der Waals surface area contributed by atoms with E-state index in [1.54, 1.807) is 0 Å². The van der Waals surface area contributed by atoms with Gasteiger partial charge in [-0.25, -0.2) is 0 Å². The highest BCUT2D eigenvalue weighted by Gasteiger charge is 2.08. The van der Waals surface area contributed by atoms with Gasteiger partial charge in [-0.2, -0.15) is 0 Å². The standard InChI is InChI=1S/C26H34ClNO4/c1-5-6-15-31-24-17-20(2)26(21(3)18-24)32-16-9-7-8-14-30-19-25(28-29-4)22-10-12-23(27)13-11-22/h5-6,10-13,17-18H,7-9,14-16,19H2,1-4H3/b6-5+,28-25+. The third kappa shape index (κ3) is 8.93. The molecule has 0 saturated carbocycles. The van der Waals surface area contributed by atoms with Crippen molar-refractivity contribution in [1.82, 2.24) is 0 Å². The average Bonchev–Trinajstić information content (AvgIpc) is 2.77. The fourth-order valence-corrected chi connectivity index (χ4v) is 3.33. The number of rotatable bonds is 14. The summed E-state index contributed by atoms with van der Waals surface area (Å²) in [4.78, 5) is 4.94. The zero-order chi connectivity index (χ0) is 23.2. The van der Waals surface area contributed by atoms with E-state index in [4.69, 9.17) is 30.6 Å². The molecule has 32 heavy (non-hydrogen) atoms. The Labute approximate surface area is 197 Å². The van der Waals surface area contributed by atoms with Gasteiger partial charge in [0.25, 0.3) is 0 Å². The predicted molar refractivity (Wildman–Crippen MR) is 131 cm³/mol. The molecule has 0 bridgehead atoms. The second-order valence-corrected chi connectivity index (χ2v) is 7.89. The Hall–Kier alpha value is -2.50. The van der Waals surface area contributed by atoms with Gasteiger partial charge in [-0.1, -0.05) is 41.0 Å². The third-order valence-corrected chi connectivity index (χ3v) is 5.06. The molecule has 0 aliphatic heterocycles. The highest BCUT2D eigenvalue weighted by Crippen LogP contribution is 2.28. The van der Waals surface area contributed by atoms with Crippen molar-refractivity contribution in [2.45, 2.75) is 40.0 Å². The summed E-state index contributed by atoms with van der Waals surface area (Å²) in [7, 11) is 1.53. The SMILES string of the molecule is C/C=C/COc1cc(C)c(OCCCCCOC/C(=N\OC)c2ccc(Cl)cc2)c(C)c1. The van der Waals surface area contributed by atoms with Crippen molar-refractivity contribution in [3.63, 3.8) is 0 Å². The molecule has 2 rings (SSSR count). The van der Waals surface area contributed by atoms with Crippen LogP contribution in [0.1, 0.15) is 42.9 Å². The zero-order valence-electron chi connectivity index (χ0n) is 19.5.